The summed E-state index contributed by atoms with van der Waals surface area (Å²) in [4.78, 5) is 11.6. The zero-order valence-corrected chi connectivity index (χ0v) is 10.7. The van der Waals surface area contributed by atoms with Crippen molar-refractivity contribution in [2.24, 2.45) is 5.14 Å². The Kier molecular flexibility index (Phi) is 4.06. The number of hydrogen-bond donors (Lipinski definition) is 2. The maximum Gasteiger partial charge on any atom is 0.252 e. The van der Waals surface area contributed by atoms with Gasteiger partial charge in [-0.25, -0.2) is 13.6 Å². The van der Waals surface area contributed by atoms with Crippen LogP contribution in [0.2, 0.25) is 0 Å². The smallest absolute Gasteiger partial charge is 0.252 e. The lowest BCUT2D eigenvalue weighted by Crippen LogP contribution is -2.24. The van der Waals surface area contributed by atoms with Crippen LogP contribution >= 0.6 is 11.3 Å². The lowest BCUT2D eigenvalue weighted by molar-refractivity contribution is 0.0953. The summed E-state index contributed by atoms with van der Waals surface area (Å²) in [5.41, 5.74) is 0.795. The molecule has 0 bridgehead atoms. The molecule has 90 valence electrons. The number of primary sulfonamides is 1. The number of nitrogens with one attached hydrogen (secondary N) is 1. The first-order valence-electron chi connectivity index (χ1n) is 4.77. The molecule has 0 fully saturated rings. The summed E-state index contributed by atoms with van der Waals surface area (Å²) < 4.78 is 22.4. The fraction of sp³-hybridized carbons (Fsp3) is 0.444. The van der Waals surface area contributed by atoms with Gasteiger partial charge in [0, 0.05) is 11.9 Å². The molecule has 1 aromatic heterocycles. The average molecular weight is 262 g/mol. The van der Waals surface area contributed by atoms with E-state index in [1.54, 1.807) is 6.92 Å². The number of carbonyl (C=O) groups is 1. The van der Waals surface area contributed by atoms with Gasteiger partial charge in [-0.15, -0.1) is 11.3 Å². The van der Waals surface area contributed by atoms with E-state index in [-0.39, 0.29) is 10.1 Å². The lowest BCUT2D eigenvalue weighted by Gasteiger charge is -2.02. The maximum atomic E-state index is 11.6. The van der Waals surface area contributed by atoms with Crippen molar-refractivity contribution in [1.29, 1.82) is 0 Å². The van der Waals surface area contributed by atoms with Crippen LogP contribution < -0.4 is 10.5 Å². The topological polar surface area (TPSA) is 89.3 Å². The van der Waals surface area contributed by atoms with E-state index in [0.29, 0.717) is 17.7 Å². The monoisotopic (exact) mass is 262 g/mol. The molecule has 5 nitrogen and oxygen atoms in total. The first kappa shape index (κ1) is 13.1. The van der Waals surface area contributed by atoms with Gasteiger partial charge in [-0.05, 0) is 18.9 Å². The molecular formula is C9H14N2O3S2. The minimum Gasteiger partial charge on any atom is -0.352 e. The van der Waals surface area contributed by atoms with Crippen LogP contribution in [0.3, 0.4) is 0 Å². The summed E-state index contributed by atoms with van der Waals surface area (Å²) >= 11 is 0.971. The van der Waals surface area contributed by atoms with Crippen molar-refractivity contribution < 1.29 is 13.2 Å². The molecule has 1 amide bonds. The van der Waals surface area contributed by atoms with Crippen molar-refractivity contribution in [1.82, 2.24) is 5.32 Å². The minimum atomic E-state index is -3.73. The van der Waals surface area contributed by atoms with Crippen molar-refractivity contribution in [2.75, 3.05) is 6.54 Å². The van der Waals surface area contributed by atoms with Crippen molar-refractivity contribution in [3.63, 3.8) is 0 Å². The van der Waals surface area contributed by atoms with Gasteiger partial charge in [-0.3, -0.25) is 4.79 Å². The molecule has 7 heteroatoms. The molecule has 0 spiro atoms. The summed E-state index contributed by atoms with van der Waals surface area (Å²) in [6.45, 7) is 4.09. The largest absolute Gasteiger partial charge is 0.352 e. The van der Waals surface area contributed by atoms with Crippen molar-refractivity contribution >= 4 is 27.3 Å². The quantitative estimate of drug-likeness (QED) is 0.842. The zero-order valence-electron chi connectivity index (χ0n) is 9.11. The molecule has 0 aromatic carbocycles. The van der Waals surface area contributed by atoms with E-state index in [9.17, 15) is 13.2 Å². The summed E-state index contributed by atoms with van der Waals surface area (Å²) in [6, 6.07) is 0. The Morgan fingerprint density at radius 3 is 2.62 bits per heavy atom. The summed E-state index contributed by atoms with van der Waals surface area (Å²) in [7, 11) is -3.73. The predicted molar refractivity (Wildman–Crippen MR) is 63.1 cm³/mol. The van der Waals surface area contributed by atoms with Crippen LogP contribution in [-0.2, 0) is 10.0 Å². The lowest BCUT2D eigenvalue weighted by atomic mass is 10.2. The Labute approximate surface area is 98.7 Å². The van der Waals surface area contributed by atoms with Crippen LogP contribution in [0.15, 0.2) is 9.59 Å². The highest BCUT2D eigenvalue weighted by atomic mass is 32.2. The van der Waals surface area contributed by atoms with Gasteiger partial charge in [0.05, 0.1) is 5.56 Å². The van der Waals surface area contributed by atoms with Gasteiger partial charge >= 0.3 is 0 Å². The van der Waals surface area contributed by atoms with Gasteiger partial charge in [-0.2, -0.15) is 0 Å². The molecular weight excluding hydrogens is 248 g/mol. The third kappa shape index (κ3) is 2.81. The summed E-state index contributed by atoms with van der Waals surface area (Å²) in [6.07, 6.45) is 0.830. The molecule has 1 heterocycles. The van der Waals surface area contributed by atoms with Crippen LogP contribution in [-0.4, -0.2) is 20.9 Å². The van der Waals surface area contributed by atoms with Gasteiger partial charge in [0.15, 0.2) is 0 Å². The Morgan fingerprint density at radius 2 is 2.19 bits per heavy atom. The van der Waals surface area contributed by atoms with Crippen molar-refractivity contribution in [3.8, 4) is 0 Å². The van der Waals surface area contributed by atoms with Crippen LogP contribution in [0.25, 0.3) is 0 Å². The molecule has 0 aliphatic rings. The van der Waals surface area contributed by atoms with E-state index >= 15 is 0 Å². The van der Waals surface area contributed by atoms with E-state index < -0.39 is 10.0 Å². The van der Waals surface area contributed by atoms with Gasteiger partial charge in [-0.1, -0.05) is 6.92 Å². The molecule has 0 aliphatic heterocycles. The third-order valence-corrected chi connectivity index (χ3v) is 4.72. The van der Waals surface area contributed by atoms with E-state index in [2.05, 4.69) is 5.32 Å². The Balaban J connectivity index is 3.01. The third-order valence-electron chi connectivity index (χ3n) is 2.03. The molecule has 0 atom stereocenters. The molecule has 0 aliphatic carbocycles. The summed E-state index contributed by atoms with van der Waals surface area (Å²) in [5, 5.41) is 9.22. The number of thiophene rings is 1. The minimum absolute atomic E-state index is 0.0501. The van der Waals surface area contributed by atoms with Crippen LogP contribution in [0.4, 0.5) is 0 Å². The molecule has 1 aromatic rings. The molecule has 3 N–H and O–H groups in total. The summed E-state index contributed by atoms with van der Waals surface area (Å²) in [5.74, 6) is -0.259. The Hall–Kier alpha value is -0.920. The van der Waals surface area contributed by atoms with Gasteiger partial charge in [0.1, 0.15) is 4.21 Å². The second-order valence-electron chi connectivity index (χ2n) is 3.36. The SMILES string of the molecule is CCCNC(=O)c1csc(S(N)(=O)=O)c1C. The van der Waals surface area contributed by atoms with Crippen LogP contribution in [0.1, 0.15) is 29.3 Å². The second-order valence-corrected chi connectivity index (χ2v) is 6.00. The number of amides is 1. The highest BCUT2D eigenvalue weighted by Gasteiger charge is 2.20. The molecule has 1 rings (SSSR count). The zero-order chi connectivity index (χ0) is 12.3. The fourth-order valence-electron chi connectivity index (χ4n) is 1.24. The van der Waals surface area contributed by atoms with Gasteiger partial charge < -0.3 is 5.32 Å². The number of rotatable bonds is 4. The fourth-order valence-corrected chi connectivity index (χ4v) is 3.25. The Bertz CT molecular complexity index is 491. The van der Waals surface area contributed by atoms with E-state index in [0.717, 1.165) is 17.8 Å². The van der Waals surface area contributed by atoms with Crippen molar-refractivity contribution in [3.05, 3.63) is 16.5 Å². The molecule has 0 radical (unpaired) electrons. The van der Waals surface area contributed by atoms with Gasteiger partial charge in [0.2, 0.25) is 10.0 Å². The molecule has 0 unspecified atom stereocenters. The van der Waals surface area contributed by atoms with E-state index in [4.69, 9.17) is 5.14 Å². The predicted octanol–water partition coefficient (Wildman–Crippen LogP) is 0.844. The number of sulfonamides is 1. The van der Waals surface area contributed by atoms with E-state index in [1.807, 2.05) is 6.92 Å². The van der Waals surface area contributed by atoms with Gasteiger partial charge in [0.25, 0.3) is 5.91 Å². The number of nitrogens with two attached hydrogens (primary N) is 1. The first-order chi connectivity index (χ1) is 7.38. The highest BCUT2D eigenvalue weighted by Crippen LogP contribution is 2.25. The highest BCUT2D eigenvalue weighted by molar-refractivity contribution is 7.91. The number of carbonyl (C=O) groups excluding carboxylic acids is 1. The first-order valence-corrected chi connectivity index (χ1v) is 7.19. The van der Waals surface area contributed by atoms with Crippen LogP contribution in [0, 0.1) is 6.92 Å². The van der Waals surface area contributed by atoms with E-state index in [1.165, 1.54) is 5.38 Å². The second kappa shape index (κ2) is 4.94. The maximum absolute atomic E-state index is 11.6. The average Bonchev–Trinajstić information content (AvgIpc) is 2.56. The molecule has 0 saturated heterocycles. The van der Waals surface area contributed by atoms with Crippen LogP contribution in [0.5, 0.6) is 0 Å². The standard InChI is InChI=1S/C9H14N2O3S2/c1-3-4-11-8(12)7-5-15-9(6(7)2)16(10,13)14/h5H,3-4H2,1-2H3,(H,11,12)(H2,10,13,14). The Morgan fingerprint density at radius 1 is 1.56 bits per heavy atom. The molecule has 0 saturated carbocycles. The normalized spacial score (nSPS) is 11.4. The number of hydrogen-bond acceptors (Lipinski definition) is 4. The van der Waals surface area contributed by atoms with Crippen molar-refractivity contribution in [2.45, 2.75) is 24.5 Å². The molecule has 16 heavy (non-hydrogen) atoms.